The van der Waals surface area contributed by atoms with Crippen molar-refractivity contribution in [2.75, 3.05) is 18.4 Å². The fourth-order valence-corrected chi connectivity index (χ4v) is 3.39. The first-order valence-electron chi connectivity index (χ1n) is 8.38. The lowest BCUT2D eigenvalue weighted by molar-refractivity contribution is 0.0791. The molecule has 2 heterocycles. The van der Waals surface area contributed by atoms with Crippen molar-refractivity contribution in [3.8, 4) is 0 Å². The number of rotatable bonds is 3. The van der Waals surface area contributed by atoms with Gasteiger partial charge in [-0.2, -0.15) is 4.98 Å². The number of carbonyl (C=O) groups excluding carboxylic acids is 1. The van der Waals surface area contributed by atoms with E-state index in [0.717, 1.165) is 12.0 Å². The molecule has 0 aliphatic carbocycles. The summed E-state index contributed by atoms with van der Waals surface area (Å²) in [6.45, 7) is 3.04. The van der Waals surface area contributed by atoms with E-state index in [1.165, 1.54) is 6.07 Å². The Morgan fingerprint density at radius 1 is 1.38 bits per heavy atom. The zero-order valence-electron chi connectivity index (χ0n) is 14.1. The summed E-state index contributed by atoms with van der Waals surface area (Å²) >= 11 is 6.17. The van der Waals surface area contributed by atoms with E-state index in [1.54, 1.807) is 29.2 Å². The van der Waals surface area contributed by atoms with Gasteiger partial charge in [-0.3, -0.25) is 4.79 Å². The molecule has 1 aliphatic rings. The maximum absolute atomic E-state index is 13.7. The van der Waals surface area contributed by atoms with Crippen molar-refractivity contribution in [2.24, 2.45) is 0 Å². The zero-order chi connectivity index (χ0) is 18.3. The summed E-state index contributed by atoms with van der Waals surface area (Å²) in [6, 6.07) is 10.3. The lowest BCUT2D eigenvalue weighted by Crippen LogP contribution is -2.31. The van der Waals surface area contributed by atoms with Crippen molar-refractivity contribution in [1.82, 2.24) is 9.88 Å². The van der Waals surface area contributed by atoms with Crippen molar-refractivity contribution in [1.29, 1.82) is 0 Å². The number of anilines is 1. The molecular formula is C19H17ClFN3O2. The first kappa shape index (κ1) is 16.8. The van der Waals surface area contributed by atoms with Crippen LogP contribution in [0.5, 0.6) is 0 Å². The number of likely N-dealkylation sites (tertiary alicyclic amines) is 1. The van der Waals surface area contributed by atoms with Crippen LogP contribution < -0.4 is 5.32 Å². The molecule has 1 aliphatic heterocycles. The van der Waals surface area contributed by atoms with Gasteiger partial charge >= 0.3 is 0 Å². The zero-order valence-corrected chi connectivity index (χ0v) is 14.9. The molecule has 3 aromatic rings. The van der Waals surface area contributed by atoms with Crippen molar-refractivity contribution >= 4 is 34.6 Å². The maximum Gasteiger partial charge on any atom is 0.296 e. The smallest absolute Gasteiger partial charge is 0.296 e. The molecule has 1 saturated heterocycles. The van der Waals surface area contributed by atoms with Gasteiger partial charge in [-0.25, -0.2) is 4.39 Å². The number of benzene rings is 2. The topological polar surface area (TPSA) is 58.4 Å². The summed E-state index contributed by atoms with van der Waals surface area (Å²) in [5.41, 5.74) is 2.09. The Morgan fingerprint density at radius 3 is 3.04 bits per heavy atom. The van der Waals surface area contributed by atoms with E-state index >= 15 is 0 Å². The van der Waals surface area contributed by atoms with Gasteiger partial charge in [0.1, 0.15) is 5.52 Å². The van der Waals surface area contributed by atoms with Crippen molar-refractivity contribution in [2.45, 2.75) is 19.4 Å². The molecule has 2 aromatic carbocycles. The number of oxazole rings is 1. The number of nitrogens with one attached hydrogen (secondary N) is 1. The van der Waals surface area contributed by atoms with Gasteiger partial charge in [-0.15, -0.1) is 0 Å². The molecule has 1 unspecified atom stereocenters. The largest absolute Gasteiger partial charge is 0.420 e. The fourth-order valence-electron chi connectivity index (χ4n) is 3.19. The average Bonchev–Trinajstić information content (AvgIpc) is 3.24. The number of halogens is 2. The van der Waals surface area contributed by atoms with Gasteiger partial charge in [0, 0.05) is 19.1 Å². The summed E-state index contributed by atoms with van der Waals surface area (Å²) in [7, 11) is 0. The third-order valence-electron chi connectivity index (χ3n) is 4.52. The Hall–Kier alpha value is -2.60. The van der Waals surface area contributed by atoms with E-state index in [1.807, 2.05) is 13.0 Å². The SMILES string of the molecule is Cc1ccc(Cl)c(C(=O)N2CCC(Nc3nc4cccc(F)c4o3)C2)c1. The second kappa shape index (κ2) is 6.61. The highest BCUT2D eigenvalue weighted by Crippen LogP contribution is 2.25. The Morgan fingerprint density at radius 2 is 2.23 bits per heavy atom. The number of para-hydroxylation sites is 1. The molecule has 0 radical (unpaired) electrons. The number of nitrogens with zero attached hydrogens (tertiary/aromatic N) is 2. The predicted octanol–water partition coefficient (Wildman–Crippen LogP) is 4.26. The van der Waals surface area contributed by atoms with Crippen LogP contribution in [0.1, 0.15) is 22.3 Å². The van der Waals surface area contributed by atoms with E-state index in [0.29, 0.717) is 29.2 Å². The highest BCUT2D eigenvalue weighted by molar-refractivity contribution is 6.33. The standard InChI is InChI=1S/C19H17ClFN3O2/c1-11-5-6-14(20)13(9-11)18(25)24-8-7-12(10-24)22-19-23-16-4-2-3-15(21)17(16)26-19/h2-6,9,12H,7-8,10H2,1H3,(H,22,23). The van der Waals surface area contributed by atoms with Crippen LogP contribution in [0, 0.1) is 12.7 Å². The Bertz CT molecular complexity index is 988. The van der Waals surface area contributed by atoms with E-state index < -0.39 is 5.82 Å². The molecule has 0 saturated carbocycles. The normalized spacial score (nSPS) is 17.0. The molecule has 4 rings (SSSR count). The average molecular weight is 374 g/mol. The van der Waals surface area contributed by atoms with Gasteiger partial charge in [0.15, 0.2) is 11.4 Å². The van der Waals surface area contributed by atoms with E-state index in [2.05, 4.69) is 10.3 Å². The summed E-state index contributed by atoms with van der Waals surface area (Å²) in [6.07, 6.45) is 0.746. The minimum atomic E-state index is -0.444. The summed E-state index contributed by atoms with van der Waals surface area (Å²) < 4.78 is 19.2. The van der Waals surface area contributed by atoms with Gasteiger partial charge in [-0.1, -0.05) is 29.3 Å². The Labute approximate surface area is 154 Å². The predicted molar refractivity (Wildman–Crippen MR) is 98.1 cm³/mol. The quantitative estimate of drug-likeness (QED) is 0.745. The molecule has 1 fully saturated rings. The maximum atomic E-state index is 13.7. The Kier molecular flexibility index (Phi) is 4.28. The van der Waals surface area contributed by atoms with Crippen LogP contribution in [-0.4, -0.2) is 34.9 Å². The van der Waals surface area contributed by atoms with Crippen LogP contribution in [-0.2, 0) is 0 Å². The highest BCUT2D eigenvalue weighted by atomic mass is 35.5. The second-order valence-corrected chi connectivity index (χ2v) is 6.88. The molecule has 134 valence electrons. The number of aromatic nitrogens is 1. The molecule has 1 aromatic heterocycles. The third kappa shape index (κ3) is 3.12. The van der Waals surface area contributed by atoms with Crippen LogP contribution in [0.3, 0.4) is 0 Å². The van der Waals surface area contributed by atoms with Gasteiger partial charge in [0.25, 0.3) is 11.9 Å². The third-order valence-corrected chi connectivity index (χ3v) is 4.85. The van der Waals surface area contributed by atoms with Gasteiger partial charge in [-0.05, 0) is 37.6 Å². The second-order valence-electron chi connectivity index (χ2n) is 6.47. The van der Waals surface area contributed by atoms with E-state index in [9.17, 15) is 9.18 Å². The van der Waals surface area contributed by atoms with Crippen molar-refractivity contribution in [3.05, 3.63) is 58.4 Å². The lowest BCUT2D eigenvalue weighted by Gasteiger charge is -2.17. The van der Waals surface area contributed by atoms with Gasteiger partial charge < -0.3 is 14.6 Å². The minimum Gasteiger partial charge on any atom is -0.420 e. The van der Waals surface area contributed by atoms with Crippen LogP contribution in [0.15, 0.2) is 40.8 Å². The molecule has 26 heavy (non-hydrogen) atoms. The molecule has 1 N–H and O–H groups in total. The van der Waals surface area contributed by atoms with Crippen LogP contribution in [0.4, 0.5) is 10.4 Å². The van der Waals surface area contributed by atoms with Gasteiger partial charge in [0.05, 0.1) is 10.6 Å². The van der Waals surface area contributed by atoms with Crippen LogP contribution in [0.25, 0.3) is 11.1 Å². The number of fused-ring (bicyclic) bond motifs is 1. The van der Waals surface area contributed by atoms with Gasteiger partial charge in [0.2, 0.25) is 0 Å². The first-order chi connectivity index (χ1) is 12.5. The number of hydrogen-bond acceptors (Lipinski definition) is 4. The van der Waals surface area contributed by atoms with Crippen molar-refractivity contribution in [3.63, 3.8) is 0 Å². The number of amides is 1. The number of hydrogen-bond donors (Lipinski definition) is 1. The molecular weight excluding hydrogens is 357 g/mol. The molecule has 7 heteroatoms. The van der Waals surface area contributed by atoms with E-state index in [-0.39, 0.29) is 23.5 Å². The minimum absolute atomic E-state index is 0.0151. The molecule has 0 bridgehead atoms. The Balaban J connectivity index is 1.47. The molecule has 0 spiro atoms. The lowest BCUT2D eigenvalue weighted by atomic mass is 10.1. The van der Waals surface area contributed by atoms with Crippen LogP contribution >= 0.6 is 11.6 Å². The number of aryl methyl sites for hydroxylation is 1. The summed E-state index contributed by atoms with van der Waals surface area (Å²) in [4.78, 5) is 18.7. The van der Waals surface area contributed by atoms with E-state index in [4.69, 9.17) is 16.0 Å². The fraction of sp³-hybridized carbons (Fsp3) is 0.263. The van der Waals surface area contributed by atoms with Crippen LogP contribution in [0.2, 0.25) is 5.02 Å². The monoisotopic (exact) mass is 373 g/mol. The first-order valence-corrected chi connectivity index (χ1v) is 8.76. The van der Waals surface area contributed by atoms with Crippen molar-refractivity contribution < 1.29 is 13.6 Å². The summed E-state index contributed by atoms with van der Waals surface area (Å²) in [5, 5.41) is 3.60. The summed E-state index contributed by atoms with van der Waals surface area (Å²) in [5.74, 6) is -0.535. The molecule has 5 nitrogen and oxygen atoms in total. The number of carbonyl (C=O) groups is 1. The highest BCUT2D eigenvalue weighted by Gasteiger charge is 2.29. The molecule has 1 amide bonds. The molecule has 1 atom stereocenters.